The summed E-state index contributed by atoms with van der Waals surface area (Å²) >= 11 is 0. The Bertz CT molecular complexity index is 900. The maximum Gasteiger partial charge on any atom is 0.421 e. The Morgan fingerprint density at radius 1 is 0.769 bits per heavy atom. The molecule has 7 heteroatoms. The van der Waals surface area contributed by atoms with Gasteiger partial charge in [-0.15, -0.1) is 0 Å². The van der Waals surface area contributed by atoms with Gasteiger partial charge in [-0.2, -0.15) is 10.2 Å². The summed E-state index contributed by atoms with van der Waals surface area (Å²) in [6, 6.07) is 15.4. The highest BCUT2D eigenvalue weighted by Gasteiger charge is 2.10. The van der Waals surface area contributed by atoms with Crippen LogP contribution in [0.15, 0.2) is 81.4 Å². The van der Waals surface area contributed by atoms with Crippen molar-refractivity contribution in [1.82, 2.24) is 4.57 Å². The lowest BCUT2D eigenvalue weighted by Gasteiger charge is -2.11. The summed E-state index contributed by atoms with van der Waals surface area (Å²) in [7, 11) is 7.88. The molecule has 0 unspecified atom stereocenters. The molecule has 0 bridgehead atoms. The molecular formula is C19H22N7+. The molecular weight excluding hydrogens is 326 g/mol. The van der Waals surface area contributed by atoms with E-state index < -0.39 is 0 Å². The number of aromatic nitrogens is 2. The molecule has 1 aromatic heterocycles. The van der Waals surface area contributed by atoms with E-state index in [-0.39, 0.29) is 0 Å². The monoisotopic (exact) mass is 348 g/mol. The van der Waals surface area contributed by atoms with Crippen molar-refractivity contribution in [2.24, 2.45) is 34.6 Å². The van der Waals surface area contributed by atoms with Crippen LogP contribution in [0.5, 0.6) is 0 Å². The molecule has 0 N–H and O–H groups in total. The smallest absolute Gasteiger partial charge is 0.378 e. The molecule has 2 aromatic carbocycles. The number of nitrogens with zero attached hydrogens (tertiary/aromatic N) is 7. The number of azo groups is 2. The molecule has 0 aliphatic rings. The van der Waals surface area contributed by atoms with Crippen molar-refractivity contribution >= 4 is 28.7 Å². The van der Waals surface area contributed by atoms with E-state index in [1.54, 1.807) is 0 Å². The van der Waals surface area contributed by atoms with Gasteiger partial charge in [0, 0.05) is 24.9 Å². The average Bonchev–Trinajstić information content (AvgIpc) is 2.97. The van der Waals surface area contributed by atoms with Crippen LogP contribution in [0.1, 0.15) is 0 Å². The van der Waals surface area contributed by atoms with E-state index in [0.29, 0.717) is 0 Å². The summed E-state index contributed by atoms with van der Waals surface area (Å²) in [5, 5.41) is 17.1. The fraction of sp³-hybridized carbons (Fsp3) is 0.211. The lowest BCUT2D eigenvalue weighted by molar-refractivity contribution is -0.657. The van der Waals surface area contributed by atoms with Crippen LogP contribution in [-0.4, -0.2) is 18.7 Å². The summed E-state index contributed by atoms with van der Waals surface area (Å²) in [6.45, 7) is 0. The molecule has 0 saturated heterocycles. The van der Waals surface area contributed by atoms with E-state index in [0.717, 1.165) is 28.7 Å². The minimum atomic E-state index is 0.764. The van der Waals surface area contributed by atoms with Gasteiger partial charge >= 0.3 is 5.95 Å². The molecule has 0 radical (unpaired) electrons. The van der Waals surface area contributed by atoms with E-state index in [1.807, 2.05) is 103 Å². The molecule has 0 fully saturated rings. The molecule has 0 aliphatic carbocycles. The third-order valence-corrected chi connectivity index (χ3v) is 3.90. The second-order valence-electron chi connectivity index (χ2n) is 6.15. The van der Waals surface area contributed by atoms with Crippen molar-refractivity contribution < 1.29 is 4.57 Å². The minimum absolute atomic E-state index is 0.764. The van der Waals surface area contributed by atoms with E-state index in [4.69, 9.17) is 0 Å². The number of benzene rings is 2. The normalized spacial score (nSPS) is 11.5. The van der Waals surface area contributed by atoms with E-state index in [9.17, 15) is 0 Å². The third-order valence-electron chi connectivity index (χ3n) is 3.90. The van der Waals surface area contributed by atoms with Crippen LogP contribution >= 0.6 is 0 Å². The van der Waals surface area contributed by atoms with Crippen LogP contribution in [0, 0.1) is 0 Å². The zero-order valence-electron chi connectivity index (χ0n) is 15.4. The predicted molar refractivity (Wildman–Crippen MR) is 102 cm³/mol. The number of hydrogen-bond acceptors (Lipinski definition) is 5. The van der Waals surface area contributed by atoms with Gasteiger partial charge in [-0.05, 0) is 48.5 Å². The van der Waals surface area contributed by atoms with Crippen molar-refractivity contribution in [2.75, 3.05) is 19.0 Å². The third kappa shape index (κ3) is 4.18. The zero-order valence-corrected chi connectivity index (χ0v) is 15.4. The SMILES string of the molecule is CN(C)c1ccc(N=Nc2ccc(N=Nc3n(C)cc[n+]3C)cc2)cc1. The summed E-state index contributed by atoms with van der Waals surface area (Å²) in [6.07, 6.45) is 3.87. The van der Waals surface area contributed by atoms with E-state index in [1.165, 1.54) is 0 Å². The molecule has 0 amide bonds. The summed E-state index contributed by atoms with van der Waals surface area (Å²) in [4.78, 5) is 2.05. The number of aryl methyl sites for hydroxylation is 2. The first-order valence-electron chi connectivity index (χ1n) is 8.25. The fourth-order valence-corrected chi connectivity index (χ4v) is 2.34. The first-order valence-corrected chi connectivity index (χ1v) is 8.25. The Kier molecular flexibility index (Phi) is 5.17. The Morgan fingerprint density at radius 3 is 1.65 bits per heavy atom. The van der Waals surface area contributed by atoms with E-state index in [2.05, 4.69) is 20.5 Å². The molecule has 132 valence electrons. The van der Waals surface area contributed by atoms with Crippen LogP contribution in [0.2, 0.25) is 0 Å². The Labute approximate surface area is 153 Å². The van der Waals surface area contributed by atoms with Crippen LogP contribution in [0.3, 0.4) is 0 Å². The first kappa shape index (κ1) is 17.5. The predicted octanol–water partition coefficient (Wildman–Crippen LogP) is 4.75. The number of rotatable bonds is 5. The van der Waals surface area contributed by atoms with Crippen molar-refractivity contribution in [3.05, 3.63) is 60.9 Å². The van der Waals surface area contributed by atoms with Crippen LogP contribution in [-0.2, 0) is 14.1 Å². The van der Waals surface area contributed by atoms with Gasteiger partial charge in [-0.25, -0.2) is 9.13 Å². The Hall–Kier alpha value is -3.35. The topological polar surface area (TPSA) is 61.5 Å². The maximum atomic E-state index is 4.27. The molecule has 0 saturated carbocycles. The number of anilines is 1. The Balaban J connectivity index is 1.67. The van der Waals surface area contributed by atoms with Gasteiger partial charge in [0.2, 0.25) is 0 Å². The molecule has 0 atom stereocenters. The second-order valence-corrected chi connectivity index (χ2v) is 6.15. The number of imidazole rings is 1. The van der Waals surface area contributed by atoms with Gasteiger partial charge in [-0.1, -0.05) is 5.11 Å². The maximum absolute atomic E-state index is 4.27. The first-order chi connectivity index (χ1) is 12.5. The molecule has 0 spiro atoms. The molecule has 0 aliphatic heterocycles. The highest BCUT2D eigenvalue weighted by molar-refractivity contribution is 5.52. The largest absolute Gasteiger partial charge is 0.421 e. The number of hydrogen-bond donors (Lipinski definition) is 0. The Morgan fingerprint density at radius 2 is 1.23 bits per heavy atom. The summed E-state index contributed by atoms with van der Waals surface area (Å²) in [5.74, 6) is 0.773. The lowest BCUT2D eigenvalue weighted by atomic mass is 10.3. The zero-order chi connectivity index (χ0) is 18.5. The molecule has 26 heavy (non-hydrogen) atoms. The van der Waals surface area contributed by atoms with E-state index >= 15 is 0 Å². The van der Waals surface area contributed by atoms with Gasteiger partial charge in [0.25, 0.3) is 0 Å². The fourth-order valence-electron chi connectivity index (χ4n) is 2.34. The van der Waals surface area contributed by atoms with Gasteiger partial charge in [0.1, 0.15) is 5.69 Å². The molecule has 7 nitrogen and oxygen atoms in total. The highest BCUT2D eigenvalue weighted by atomic mass is 15.3. The highest BCUT2D eigenvalue weighted by Crippen LogP contribution is 2.23. The van der Waals surface area contributed by atoms with Gasteiger partial charge < -0.3 is 4.90 Å². The van der Waals surface area contributed by atoms with Gasteiger partial charge in [0.15, 0.2) is 0 Å². The molecule has 3 aromatic rings. The minimum Gasteiger partial charge on any atom is -0.378 e. The van der Waals surface area contributed by atoms with Crippen molar-refractivity contribution in [2.45, 2.75) is 0 Å². The van der Waals surface area contributed by atoms with Crippen molar-refractivity contribution in [3.63, 3.8) is 0 Å². The molecule has 3 rings (SSSR count). The molecule has 1 heterocycles. The van der Waals surface area contributed by atoms with Crippen LogP contribution in [0.25, 0.3) is 0 Å². The average molecular weight is 348 g/mol. The van der Waals surface area contributed by atoms with Gasteiger partial charge in [-0.3, -0.25) is 0 Å². The standard InChI is InChI=1S/C19H22N7/c1-24(2)18-11-9-17(10-12-18)21-20-15-5-7-16(8-6-15)22-23-19-25(3)13-14-26(19)4/h5-14H,1-4H3/q+1. The second kappa shape index (κ2) is 7.69. The van der Waals surface area contributed by atoms with Crippen molar-refractivity contribution in [3.8, 4) is 0 Å². The van der Waals surface area contributed by atoms with Crippen LogP contribution in [0.4, 0.5) is 28.7 Å². The van der Waals surface area contributed by atoms with Crippen molar-refractivity contribution in [1.29, 1.82) is 0 Å². The summed E-state index contributed by atoms with van der Waals surface area (Å²) in [5.41, 5.74) is 3.48. The van der Waals surface area contributed by atoms with Crippen LogP contribution < -0.4 is 9.47 Å². The van der Waals surface area contributed by atoms with Gasteiger partial charge in [0.05, 0.1) is 37.9 Å². The quantitative estimate of drug-likeness (QED) is 0.485. The lowest BCUT2D eigenvalue weighted by Crippen LogP contribution is -2.25. The summed E-state index contributed by atoms with van der Waals surface area (Å²) < 4.78 is 3.82.